The molecule has 1 unspecified atom stereocenters. The van der Waals surface area contributed by atoms with E-state index < -0.39 is 0 Å². The predicted molar refractivity (Wildman–Crippen MR) is 104 cm³/mol. The highest BCUT2D eigenvalue weighted by Crippen LogP contribution is 2.28. The van der Waals surface area contributed by atoms with Gasteiger partial charge in [0.1, 0.15) is 11.6 Å². The highest BCUT2D eigenvalue weighted by molar-refractivity contribution is 5.98. The number of nitrogens with one attached hydrogen (secondary N) is 1. The normalized spacial score (nSPS) is 14.5. The van der Waals surface area contributed by atoms with Crippen molar-refractivity contribution >= 4 is 11.6 Å². The number of amides is 1. The lowest BCUT2D eigenvalue weighted by Gasteiger charge is -2.17. The molecule has 3 rings (SSSR count). The highest BCUT2D eigenvalue weighted by atomic mass is 16.1. The van der Waals surface area contributed by atoms with Crippen LogP contribution in [0.2, 0.25) is 0 Å². The first-order chi connectivity index (χ1) is 12.6. The molecule has 1 heterocycles. The number of aryl methyl sites for hydroxylation is 1. The van der Waals surface area contributed by atoms with Crippen molar-refractivity contribution in [2.24, 2.45) is 0 Å². The van der Waals surface area contributed by atoms with Gasteiger partial charge in [-0.1, -0.05) is 49.4 Å². The summed E-state index contributed by atoms with van der Waals surface area (Å²) < 4.78 is 0. The molecule has 26 heavy (non-hydrogen) atoms. The Bertz CT molecular complexity index is 862. The molecule has 1 atom stereocenters. The Morgan fingerprint density at radius 1 is 1.27 bits per heavy atom. The molecule has 0 saturated heterocycles. The van der Waals surface area contributed by atoms with Gasteiger partial charge in [-0.3, -0.25) is 4.79 Å². The molecular formula is C22H23N3O. The number of rotatable bonds is 5. The van der Waals surface area contributed by atoms with Crippen molar-refractivity contribution in [2.75, 3.05) is 11.4 Å². The van der Waals surface area contributed by atoms with E-state index in [2.05, 4.69) is 30.4 Å². The van der Waals surface area contributed by atoms with Crippen LogP contribution < -0.4 is 10.2 Å². The second-order valence-electron chi connectivity index (χ2n) is 6.52. The topological polar surface area (TPSA) is 56.1 Å². The fraction of sp³-hybridized carbons (Fsp3) is 0.273. The van der Waals surface area contributed by atoms with Gasteiger partial charge in [-0.25, -0.2) is 0 Å². The SMILES string of the molecule is CCc1ccc(C(C)NC(=O)/C(C#N)=C\N2CCc3ccccc32)cc1. The lowest BCUT2D eigenvalue weighted by Crippen LogP contribution is -2.29. The lowest BCUT2D eigenvalue weighted by molar-refractivity contribution is -0.117. The minimum atomic E-state index is -0.344. The Kier molecular flexibility index (Phi) is 5.38. The predicted octanol–water partition coefficient (Wildman–Crippen LogP) is 3.90. The number of fused-ring (bicyclic) bond motifs is 1. The average molecular weight is 345 g/mol. The Morgan fingerprint density at radius 2 is 2.00 bits per heavy atom. The van der Waals surface area contributed by atoms with E-state index in [0.29, 0.717) is 0 Å². The van der Waals surface area contributed by atoms with Crippen LogP contribution in [-0.4, -0.2) is 12.5 Å². The van der Waals surface area contributed by atoms with Gasteiger partial charge in [0.15, 0.2) is 0 Å². The van der Waals surface area contributed by atoms with E-state index in [4.69, 9.17) is 0 Å². The molecular weight excluding hydrogens is 322 g/mol. The molecule has 0 spiro atoms. The van der Waals surface area contributed by atoms with E-state index in [9.17, 15) is 10.1 Å². The Morgan fingerprint density at radius 3 is 2.69 bits per heavy atom. The minimum Gasteiger partial charge on any atom is -0.346 e. The van der Waals surface area contributed by atoms with E-state index in [0.717, 1.165) is 30.6 Å². The average Bonchev–Trinajstić information content (AvgIpc) is 3.09. The van der Waals surface area contributed by atoms with Crippen molar-refractivity contribution in [3.8, 4) is 6.07 Å². The van der Waals surface area contributed by atoms with Crippen LogP contribution in [0.5, 0.6) is 0 Å². The van der Waals surface area contributed by atoms with Crippen LogP contribution in [0.3, 0.4) is 0 Å². The number of benzene rings is 2. The number of hydrogen-bond acceptors (Lipinski definition) is 3. The third-order valence-corrected chi connectivity index (χ3v) is 4.81. The van der Waals surface area contributed by atoms with Crippen molar-refractivity contribution in [2.45, 2.75) is 32.7 Å². The standard InChI is InChI=1S/C22H23N3O/c1-3-17-8-10-18(11-9-17)16(2)24-22(26)20(14-23)15-25-13-12-19-6-4-5-7-21(19)25/h4-11,15-16H,3,12-13H2,1-2H3,(H,24,26)/b20-15-. The lowest BCUT2D eigenvalue weighted by atomic mass is 10.0. The highest BCUT2D eigenvalue weighted by Gasteiger charge is 2.20. The molecule has 0 aromatic heterocycles. The summed E-state index contributed by atoms with van der Waals surface area (Å²) in [6.45, 7) is 4.82. The van der Waals surface area contributed by atoms with Gasteiger partial charge in [0, 0.05) is 18.4 Å². The number of nitriles is 1. The van der Waals surface area contributed by atoms with Crippen LogP contribution in [0.4, 0.5) is 5.69 Å². The van der Waals surface area contributed by atoms with Crippen LogP contribution in [0, 0.1) is 11.3 Å². The van der Waals surface area contributed by atoms with Crippen LogP contribution in [0.1, 0.15) is 36.6 Å². The van der Waals surface area contributed by atoms with Crippen molar-refractivity contribution in [1.82, 2.24) is 5.32 Å². The molecule has 0 aliphatic carbocycles. The molecule has 4 heteroatoms. The molecule has 4 nitrogen and oxygen atoms in total. The third-order valence-electron chi connectivity index (χ3n) is 4.81. The van der Waals surface area contributed by atoms with E-state index >= 15 is 0 Å². The summed E-state index contributed by atoms with van der Waals surface area (Å²) in [5.74, 6) is -0.344. The second-order valence-corrected chi connectivity index (χ2v) is 6.52. The van der Waals surface area contributed by atoms with Crippen LogP contribution in [-0.2, 0) is 17.6 Å². The summed E-state index contributed by atoms with van der Waals surface area (Å²) in [5.41, 5.74) is 4.72. The first-order valence-corrected chi connectivity index (χ1v) is 8.98. The van der Waals surface area contributed by atoms with Crippen LogP contribution in [0.15, 0.2) is 60.3 Å². The molecule has 132 valence electrons. The summed E-state index contributed by atoms with van der Waals surface area (Å²) in [5, 5.41) is 12.4. The van der Waals surface area contributed by atoms with Crippen molar-refractivity contribution in [1.29, 1.82) is 5.26 Å². The number of nitrogens with zero attached hydrogens (tertiary/aromatic N) is 2. The Labute approximate surface area is 154 Å². The Balaban J connectivity index is 1.72. The fourth-order valence-corrected chi connectivity index (χ4v) is 3.19. The van der Waals surface area contributed by atoms with Gasteiger partial charge < -0.3 is 10.2 Å². The molecule has 1 N–H and O–H groups in total. The summed E-state index contributed by atoms with van der Waals surface area (Å²) in [7, 11) is 0. The van der Waals surface area contributed by atoms with Crippen LogP contribution in [0.25, 0.3) is 0 Å². The second kappa shape index (κ2) is 7.88. The maximum atomic E-state index is 12.6. The molecule has 1 amide bonds. The maximum absolute atomic E-state index is 12.6. The number of carbonyl (C=O) groups excluding carboxylic acids is 1. The molecule has 1 aliphatic rings. The fourth-order valence-electron chi connectivity index (χ4n) is 3.19. The van der Waals surface area contributed by atoms with E-state index in [1.54, 1.807) is 6.20 Å². The van der Waals surface area contributed by atoms with Gasteiger partial charge in [-0.05, 0) is 42.5 Å². The third kappa shape index (κ3) is 3.78. The summed E-state index contributed by atoms with van der Waals surface area (Å²) in [6.07, 6.45) is 3.57. The number of carbonyl (C=O) groups is 1. The largest absolute Gasteiger partial charge is 0.346 e. The summed E-state index contributed by atoms with van der Waals surface area (Å²) in [6, 6.07) is 18.2. The van der Waals surface area contributed by atoms with Crippen molar-refractivity contribution in [3.05, 3.63) is 77.0 Å². The maximum Gasteiger partial charge on any atom is 0.263 e. The van der Waals surface area contributed by atoms with Crippen molar-refractivity contribution in [3.63, 3.8) is 0 Å². The number of hydrogen-bond donors (Lipinski definition) is 1. The summed E-state index contributed by atoms with van der Waals surface area (Å²) in [4.78, 5) is 14.5. The van der Waals surface area contributed by atoms with E-state index in [1.165, 1.54) is 11.1 Å². The first kappa shape index (κ1) is 17.8. The number of para-hydroxylation sites is 1. The van der Waals surface area contributed by atoms with Gasteiger partial charge in [0.2, 0.25) is 0 Å². The molecule has 2 aromatic carbocycles. The van der Waals surface area contributed by atoms with Gasteiger partial charge in [0.25, 0.3) is 5.91 Å². The van der Waals surface area contributed by atoms with Gasteiger partial charge >= 0.3 is 0 Å². The van der Waals surface area contributed by atoms with Gasteiger partial charge in [-0.2, -0.15) is 5.26 Å². The van der Waals surface area contributed by atoms with E-state index in [-0.39, 0.29) is 17.5 Å². The van der Waals surface area contributed by atoms with E-state index in [1.807, 2.05) is 48.2 Å². The number of anilines is 1. The zero-order valence-corrected chi connectivity index (χ0v) is 15.2. The molecule has 0 saturated carbocycles. The van der Waals surface area contributed by atoms with Gasteiger partial charge in [-0.15, -0.1) is 0 Å². The molecule has 0 radical (unpaired) electrons. The monoisotopic (exact) mass is 345 g/mol. The molecule has 0 fully saturated rings. The zero-order valence-electron chi connectivity index (χ0n) is 15.2. The summed E-state index contributed by atoms with van der Waals surface area (Å²) >= 11 is 0. The molecule has 2 aromatic rings. The van der Waals surface area contributed by atoms with Gasteiger partial charge in [0.05, 0.1) is 6.04 Å². The quantitative estimate of drug-likeness (QED) is 0.660. The van der Waals surface area contributed by atoms with Crippen LogP contribution >= 0.6 is 0 Å². The Hall–Kier alpha value is -3.06. The smallest absolute Gasteiger partial charge is 0.263 e. The molecule has 1 aliphatic heterocycles. The van der Waals surface area contributed by atoms with Crippen molar-refractivity contribution < 1.29 is 4.79 Å². The zero-order chi connectivity index (χ0) is 18.5. The first-order valence-electron chi connectivity index (χ1n) is 8.98. The molecule has 0 bridgehead atoms. The minimum absolute atomic E-state index is 0.124.